The summed E-state index contributed by atoms with van der Waals surface area (Å²) >= 11 is 22.7. The standard InChI is InChI=1S/C6H2Br6S/c7-1-2(8)4(6(11)12)13-3(1)5(9)10/h5-6H. The second kappa shape index (κ2) is 5.77. The molecule has 0 aliphatic heterocycles. The molecule has 0 amide bonds. The summed E-state index contributed by atoms with van der Waals surface area (Å²) in [7, 11) is 0. The highest BCUT2D eigenvalue weighted by molar-refractivity contribution is 9.24. The second-order valence-corrected chi connectivity index (χ2v) is 10.8. The lowest BCUT2D eigenvalue weighted by Crippen LogP contribution is -1.73. The molecule has 1 aromatic heterocycles. The van der Waals surface area contributed by atoms with Crippen molar-refractivity contribution in [3.05, 3.63) is 18.7 Å². The zero-order valence-corrected chi connectivity index (χ0v) is 16.2. The van der Waals surface area contributed by atoms with Gasteiger partial charge in [0, 0.05) is 18.7 Å². The van der Waals surface area contributed by atoms with Gasteiger partial charge in [-0.25, -0.2) is 0 Å². The molecule has 0 spiro atoms. The number of thiophene rings is 1. The maximum absolute atomic E-state index is 3.53. The van der Waals surface area contributed by atoms with Crippen LogP contribution in [0.3, 0.4) is 0 Å². The minimum atomic E-state index is 0.183. The van der Waals surface area contributed by atoms with E-state index in [-0.39, 0.29) is 7.47 Å². The Morgan fingerprint density at radius 1 is 0.769 bits per heavy atom. The van der Waals surface area contributed by atoms with Gasteiger partial charge in [-0.15, -0.1) is 11.3 Å². The van der Waals surface area contributed by atoms with Crippen molar-refractivity contribution >= 4 is 107 Å². The van der Waals surface area contributed by atoms with E-state index in [4.69, 9.17) is 0 Å². The summed E-state index contributed by atoms with van der Waals surface area (Å²) in [4.78, 5) is 2.43. The Balaban J connectivity index is 3.20. The van der Waals surface area contributed by atoms with Crippen LogP contribution in [-0.2, 0) is 0 Å². The zero-order chi connectivity index (χ0) is 10.2. The molecule has 0 radical (unpaired) electrons. The Labute approximate surface area is 131 Å². The van der Waals surface area contributed by atoms with Crippen molar-refractivity contribution in [2.75, 3.05) is 0 Å². The molecule has 74 valence electrons. The van der Waals surface area contributed by atoms with Crippen molar-refractivity contribution < 1.29 is 0 Å². The topological polar surface area (TPSA) is 0 Å². The van der Waals surface area contributed by atoms with Gasteiger partial charge in [-0.3, -0.25) is 0 Å². The van der Waals surface area contributed by atoms with Gasteiger partial charge in [-0.2, -0.15) is 0 Å². The highest BCUT2D eigenvalue weighted by Crippen LogP contribution is 2.50. The molecule has 7 heteroatoms. The Hall–Kier alpha value is 2.58. The summed E-state index contributed by atoms with van der Waals surface area (Å²) in [6.45, 7) is 0. The lowest BCUT2D eigenvalue weighted by molar-refractivity contribution is 1.46. The van der Waals surface area contributed by atoms with Gasteiger partial charge in [-0.05, 0) is 31.9 Å². The SMILES string of the molecule is Brc1c(C(Br)Br)sc(C(Br)Br)c1Br. The molecular formula is C6H2Br6S. The van der Waals surface area contributed by atoms with Gasteiger partial charge in [0.15, 0.2) is 0 Å². The van der Waals surface area contributed by atoms with Crippen molar-refractivity contribution in [3.63, 3.8) is 0 Å². The van der Waals surface area contributed by atoms with Crippen molar-refractivity contribution in [1.82, 2.24) is 0 Å². The summed E-state index contributed by atoms with van der Waals surface area (Å²) in [5, 5.41) is 0. The van der Waals surface area contributed by atoms with Gasteiger partial charge >= 0.3 is 0 Å². The lowest BCUT2D eigenvalue weighted by Gasteiger charge is -1.96. The third kappa shape index (κ3) is 3.27. The van der Waals surface area contributed by atoms with Crippen molar-refractivity contribution in [2.45, 2.75) is 7.47 Å². The van der Waals surface area contributed by atoms with Crippen molar-refractivity contribution in [1.29, 1.82) is 0 Å². The van der Waals surface area contributed by atoms with Gasteiger partial charge in [-0.1, -0.05) is 63.7 Å². The molecule has 0 saturated carbocycles. The third-order valence-corrected chi connectivity index (χ3v) is 8.31. The minimum Gasteiger partial charge on any atom is -0.139 e. The van der Waals surface area contributed by atoms with E-state index in [2.05, 4.69) is 95.6 Å². The molecule has 0 atom stereocenters. The van der Waals surface area contributed by atoms with E-state index in [9.17, 15) is 0 Å². The highest BCUT2D eigenvalue weighted by Gasteiger charge is 2.20. The van der Waals surface area contributed by atoms with Crippen LogP contribution in [0.15, 0.2) is 8.95 Å². The molecule has 0 aliphatic carbocycles. The first kappa shape index (κ1) is 13.6. The van der Waals surface area contributed by atoms with E-state index in [1.54, 1.807) is 11.3 Å². The number of hydrogen-bond acceptors (Lipinski definition) is 1. The largest absolute Gasteiger partial charge is 0.139 e. The van der Waals surface area contributed by atoms with Crippen LogP contribution in [0, 0.1) is 0 Å². The molecule has 1 aromatic rings. The van der Waals surface area contributed by atoms with Crippen LogP contribution in [0.25, 0.3) is 0 Å². The molecule has 1 rings (SSSR count). The molecule has 0 aliphatic rings. The predicted octanol–water partition coefficient (Wildman–Crippen LogP) is 6.85. The number of hydrogen-bond donors (Lipinski definition) is 0. The second-order valence-electron chi connectivity index (χ2n) is 2.06. The van der Waals surface area contributed by atoms with Crippen LogP contribution in [0.2, 0.25) is 0 Å². The fourth-order valence-electron chi connectivity index (χ4n) is 0.705. The summed E-state index contributed by atoms with van der Waals surface area (Å²) < 4.78 is 2.55. The van der Waals surface area contributed by atoms with E-state index >= 15 is 0 Å². The normalized spacial score (nSPS) is 11.7. The highest BCUT2D eigenvalue weighted by atomic mass is 79.9. The summed E-state index contributed by atoms with van der Waals surface area (Å²) in [6, 6.07) is 0. The number of alkyl halides is 4. The van der Waals surface area contributed by atoms with Gasteiger partial charge < -0.3 is 0 Å². The molecule has 0 aromatic carbocycles. The molecule has 0 nitrogen and oxygen atoms in total. The summed E-state index contributed by atoms with van der Waals surface area (Å²) in [6.07, 6.45) is 0. The zero-order valence-electron chi connectivity index (χ0n) is 5.83. The average Bonchev–Trinajstić information content (AvgIpc) is 2.29. The van der Waals surface area contributed by atoms with Crippen LogP contribution in [0.4, 0.5) is 0 Å². The maximum atomic E-state index is 3.53. The fourth-order valence-corrected chi connectivity index (χ4v) is 6.40. The van der Waals surface area contributed by atoms with Crippen molar-refractivity contribution in [2.24, 2.45) is 0 Å². The van der Waals surface area contributed by atoms with Crippen LogP contribution in [0.1, 0.15) is 17.2 Å². The Morgan fingerprint density at radius 3 is 1.23 bits per heavy atom. The van der Waals surface area contributed by atoms with Gasteiger partial charge in [0.2, 0.25) is 0 Å². The molecule has 1 heterocycles. The van der Waals surface area contributed by atoms with Gasteiger partial charge in [0.25, 0.3) is 0 Å². The molecule has 0 saturated heterocycles. The minimum absolute atomic E-state index is 0.183. The first-order valence-corrected chi connectivity index (χ1v) is 9.05. The number of rotatable bonds is 2. The summed E-state index contributed by atoms with van der Waals surface area (Å²) in [5.74, 6) is 0. The first-order chi connectivity index (χ1) is 5.95. The Kier molecular flexibility index (Phi) is 6.06. The van der Waals surface area contributed by atoms with E-state index in [0.717, 1.165) is 8.95 Å². The fraction of sp³-hybridized carbons (Fsp3) is 0.333. The quantitative estimate of drug-likeness (QED) is 0.333. The van der Waals surface area contributed by atoms with E-state index in [0.29, 0.717) is 0 Å². The van der Waals surface area contributed by atoms with E-state index in [1.165, 1.54) is 9.75 Å². The van der Waals surface area contributed by atoms with Crippen LogP contribution >= 0.6 is 107 Å². The number of halogens is 6. The van der Waals surface area contributed by atoms with E-state index < -0.39 is 0 Å². The van der Waals surface area contributed by atoms with Crippen LogP contribution in [0.5, 0.6) is 0 Å². The predicted molar refractivity (Wildman–Crippen MR) is 80.9 cm³/mol. The molecule has 0 fully saturated rings. The first-order valence-electron chi connectivity index (χ1n) is 2.99. The van der Waals surface area contributed by atoms with Gasteiger partial charge in [0.1, 0.15) is 7.47 Å². The summed E-state index contributed by atoms with van der Waals surface area (Å²) in [5.41, 5.74) is 0. The van der Waals surface area contributed by atoms with Crippen LogP contribution in [-0.4, -0.2) is 0 Å². The average molecular weight is 586 g/mol. The Morgan fingerprint density at radius 2 is 1.08 bits per heavy atom. The molecule has 13 heavy (non-hydrogen) atoms. The molecule has 0 bridgehead atoms. The smallest absolute Gasteiger partial charge is 0.105 e. The third-order valence-electron chi connectivity index (χ3n) is 1.24. The molecule has 0 unspecified atom stereocenters. The van der Waals surface area contributed by atoms with Crippen LogP contribution < -0.4 is 0 Å². The van der Waals surface area contributed by atoms with E-state index in [1.807, 2.05) is 0 Å². The lowest BCUT2D eigenvalue weighted by atomic mass is 10.4. The van der Waals surface area contributed by atoms with Crippen molar-refractivity contribution in [3.8, 4) is 0 Å². The monoisotopic (exact) mass is 579 g/mol. The van der Waals surface area contributed by atoms with Gasteiger partial charge in [0.05, 0.1) is 0 Å². The Bertz CT molecular complexity index is 276. The molecule has 0 N–H and O–H groups in total. The molecular weight excluding hydrogens is 584 g/mol. The maximum Gasteiger partial charge on any atom is 0.105 e.